The van der Waals surface area contributed by atoms with Crippen LogP contribution in [-0.4, -0.2) is 10.9 Å². The van der Waals surface area contributed by atoms with Gasteiger partial charge in [-0.2, -0.15) is 0 Å². The first kappa shape index (κ1) is 13.2. The molecule has 0 aliphatic heterocycles. The second-order valence-corrected chi connectivity index (χ2v) is 5.70. The van der Waals surface area contributed by atoms with Crippen LogP contribution in [0.25, 0.3) is 0 Å². The number of carbonyl (C=O) groups is 1. The summed E-state index contributed by atoms with van der Waals surface area (Å²) in [7, 11) is 0. The number of aromatic nitrogens is 1. The summed E-state index contributed by atoms with van der Waals surface area (Å²) >= 11 is 4.84. The predicted octanol–water partition coefficient (Wildman–Crippen LogP) is 3.87. The Bertz CT molecular complexity index is 496. The van der Waals surface area contributed by atoms with E-state index in [4.69, 9.17) is 0 Å². The highest BCUT2D eigenvalue weighted by Gasteiger charge is 2.03. The molecule has 0 saturated carbocycles. The summed E-state index contributed by atoms with van der Waals surface area (Å²) < 4.78 is 1.08. The van der Waals surface area contributed by atoms with Crippen LogP contribution in [-0.2, 0) is 11.2 Å². The van der Waals surface area contributed by atoms with Gasteiger partial charge in [-0.15, -0.1) is 11.3 Å². The lowest BCUT2D eigenvalue weighted by molar-refractivity contribution is -0.116. The standard InChI is InChI=1S/C13H13BrN2OS/c14-11-6-4-10(5-7-11)2-1-3-12(17)16-13-8-15-9-18-13/h4-9H,1-3H2,(H,16,17). The number of benzene rings is 1. The summed E-state index contributed by atoms with van der Waals surface area (Å²) in [5, 5.41) is 3.64. The first-order valence-corrected chi connectivity index (χ1v) is 7.34. The minimum absolute atomic E-state index is 0.0522. The van der Waals surface area contributed by atoms with Gasteiger partial charge in [0.15, 0.2) is 0 Å². The van der Waals surface area contributed by atoms with Gasteiger partial charge in [0.25, 0.3) is 0 Å². The largest absolute Gasteiger partial charge is 0.316 e. The van der Waals surface area contributed by atoms with Crippen molar-refractivity contribution in [3.8, 4) is 0 Å². The molecule has 0 bridgehead atoms. The first-order chi connectivity index (χ1) is 8.74. The fraction of sp³-hybridized carbons (Fsp3) is 0.231. The minimum Gasteiger partial charge on any atom is -0.316 e. The van der Waals surface area contributed by atoms with Crippen LogP contribution in [0.4, 0.5) is 5.00 Å². The Labute approximate surface area is 118 Å². The Hall–Kier alpha value is -1.20. The van der Waals surface area contributed by atoms with Gasteiger partial charge < -0.3 is 5.32 Å². The summed E-state index contributed by atoms with van der Waals surface area (Å²) in [6.07, 6.45) is 3.97. The molecule has 1 aromatic heterocycles. The van der Waals surface area contributed by atoms with Crippen molar-refractivity contribution in [3.63, 3.8) is 0 Å². The second kappa shape index (κ2) is 6.66. The zero-order valence-corrected chi connectivity index (χ0v) is 12.1. The lowest BCUT2D eigenvalue weighted by atomic mass is 10.1. The maximum Gasteiger partial charge on any atom is 0.225 e. The summed E-state index contributed by atoms with van der Waals surface area (Å²) in [4.78, 5) is 15.5. The molecule has 0 unspecified atom stereocenters. The van der Waals surface area contributed by atoms with E-state index in [9.17, 15) is 4.79 Å². The van der Waals surface area contributed by atoms with Crippen LogP contribution >= 0.6 is 27.3 Å². The van der Waals surface area contributed by atoms with Gasteiger partial charge >= 0.3 is 0 Å². The van der Waals surface area contributed by atoms with Crippen LogP contribution in [0.2, 0.25) is 0 Å². The molecule has 0 radical (unpaired) electrons. The molecule has 0 aliphatic carbocycles. The van der Waals surface area contributed by atoms with E-state index < -0.39 is 0 Å². The van der Waals surface area contributed by atoms with Crippen molar-refractivity contribution in [2.45, 2.75) is 19.3 Å². The Morgan fingerprint density at radius 3 is 2.78 bits per heavy atom. The van der Waals surface area contributed by atoms with Gasteiger partial charge in [-0.1, -0.05) is 28.1 Å². The summed E-state index contributed by atoms with van der Waals surface area (Å²) in [5.74, 6) is 0.0522. The molecular weight excluding hydrogens is 312 g/mol. The first-order valence-electron chi connectivity index (χ1n) is 5.67. The average molecular weight is 325 g/mol. The summed E-state index contributed by atoms with van der Waals surface area (Å²) in [6, 6.07) is 8.19. The van der Waals surface area contributed by atoms with Crippen molar-refractivity contribution >= 4 is 38.2 Å². The fourth-order valence-electron chi connectivity index (χ4n) is 1.58. The van der Waals surface area contributed by atoms with Crippen LogP contribution in [0, 0.1) is 0 Å². The quantitative estimate of drug-likeness (QED) is 0.907. The van der Waals surface area contributed by atoms with E-state index in [0.717, 1.165) is 22.3 Å². The van der Waals surface area contributed by atoms with Crippen molar-refractivity contribution in [1.29, 1.82) is 0 Å². The van der Waals surface area contributed by atoms with Gasteiger partial charge in [-0.3, -0.25) is 9.78 Å². The topological polar surface area (TPSA) is 42.0 Å². The number of nitrogens with one attached hydrogen (secondary N) is 1. The molecule has 0 spiro atoms. The molecule has 3 nitrogen and oxygen atoms in total. The highest BCUT2D eigenvalue weighted by atomic mass is 79.9. The molecule has 18 heavy (non-hydrogen) atoms. The Morgan fingerprint density at radius 2 is 2.11 bits per heavy atom. The van der Waals surface area contributed by atoms with E-state index >= 15 is 0 Å². The lowest BCUT2D eigenvalue weighted by Gasteiger charge is -2.03. The van der Waals surface area contributed by atoms with E-state index in [1.54, 1.807) is 11.7 Å². The van der Waals surface area contributed by atoms with E-state index in [-0.39, 0.29) is 5.91 Å². The van der Waals surface area contributed by atoms with Gasteiger partial charge in [0.05, 0.1) is 11.7 Å². The van der Waals surface area contributed by atoms with Crippen molar-refractivity contribution < 1.29 is 4.79 Å². The number of aryl methyl sites for hydroxylation is 1. The van der Waals surface area contributed by atoms with Gasteiger partial charge in [-0.05, 0) is 30.5 Å². The number of thiazole rings is 1. The van der Waals surface area contributed by atoms with Crippen LogP contribution in [0.3, 0.4) is 0 Å². The number of amides is 1. The number of rotatable bonds is 5. The number of hydrogen-bond acceptors (Lipinski definition) is 3. The zero-order chi connectivity index (χ0) is 12.8. The van der Waals surface area contributed by atoms with Crippen molar-refractivity contribution in [2.24, 2.45) is 0 Å². The van der Waals surface area contributed by atoms with E-state index in [2.05, 4.69) is 38.4 Å². The Kier molecular flexibility index (Phi) is 4.90. The lowest BCUT2D eigenvalue weighted by Crippen LogP contribution is -2.10. The number of anilines is 1. The third-order valence-corrected chi connectivity index (χ3v) is 3.69. The molecule has 0 atom stereocenters. The third-order valence-electron chi connectivity index (χ3n) is 2.48. The van der Waals surface area contributed by atoms with Crippen LogP contribution in [0.15, 0.2) is 40.4 Å². The van der Waals surface area contributed by atoms with Crippen molar-refractivity contribution in [2.75, 3.05) is 5.32 Å². The molecule has 2 rings (SSSR count). The van der Waals surface area contributed by atoms with Gasteiger partial charge in [-0.25, -0.2) is 0 Å². The van der Waals surface area contributed by atoms with Crippen molar-refractivity contribution in [1.82, 2.24) is 4.98 Å². The van der Waals surface area contributed by atoms with E-state index in [1.165, 1.54) is 16.9 Å². The summed E-state index contributed by atoms with van der Waals surface area (Å²) in [6.45, 7) is 0. The molecule has 94 valence electrons. The third kappa shape index (κ3) is 4.23. The predicted molar refractivity (Wildman–Crippen MR) is 77.8 cm³/mol. The molecule has 5 heteroatoms. The number of carbonyl (C=O) groups excluding carboxylic acids is 1. The molecule has 1 heterocycles. The van der Waals surface area contributed by atoms with Gasteiger partial charge in [0.1, 0.15) is 5.00 Å². The van der Waals surface area contributed by atoms with E-state index in [1.807, 2.05) is 12.1 Å². The highest BCUT2D eigenvalue weighted by Crippen LogP contribution is 2.14. The smallest absolute Gasteiger partial charge is 0.225 e. The van der Waals surface area contributed by atoms with E-state index in [0.29, 0.717) is 6.42 Å². The molecular formula is C13H13BrN2OS. The highest BCUT2D eigenvalue weighted by molar-refractivity contribution is 9.10. The van der Waals surface area contributed by atoms with Crippen LogP contribution in [0.1, 0.15) is 18.4 Å². The number of nitrogens with zero attached hydrogens (tertiary/aromatic N) is 1. The Balaban J connectivity index is 1.72. The second-order valence-electron chi connectivity index (χ2n) is 3.89. The normalized spacial score (nSPS) is 10.3. The fourth-order valence-corrected chi connectivity index (χ4v) is 2.38. The molecule has 2 aromatic rings. The van der Waals surface area contributed by atoms with Crippen LogP contribution in [0.5, 0.6) is 0 Å². The number of halogens is 1. The Morgan fingerprint density at radius 1 is 1.33 bits per heavy atom. The van der Waals surface area contributed by atoms with Gasteiger partial charge in [0.2, 0.25) is 5.91 Å². The molecule has 1 N–H and O–H groups in total. The maximum atomic E-state index is 11.6. The average Bonchev–Trinajstić information content (AvgIpc) is 2.84. The molecule has 0 fully saturated rings. The van der Waals surface area contributed by atoms with Crippen LogP contribution < -0.4 is 5.32 Å². The molecule has 1 amide bonds. The van der Waals surface area contributed by atoms with Gasteiger partial charge in [0, 0.05) is 10.9 Å². The zero-order valence-electron chi connectivity index (χ0n) is 9.73. The minimum atomic E-state index is 0.0522. The maximum absolute atomic E-state index is 11.6. The monoisotopic (exact) mass is 324 g/mol. The number of hydrogen-bond donors (Lipinski definition) is 1. The SMILES string of the molecule is O=C(CCCc1ccc(Br)cc1)Nc1cncs1. The molecule has 1 aromatic carbocycles. The molecule has 0 saturated heterocycles. The summed E-state index contributed by atoms with van der Waals surface area (Å²) in [5.41, 5.74) is 2.96. The molecule has 0 aliphatic rings. The van der Waals surface area contributed by atoms with Crippen molar-refractivity contribution in [3.05, 3.63) is 46.0 Å².